The number of rotatable bonds is 46. The number of nitrogens with one attached hydrogen (secondary N) is 1. The van der Waals surface area contributed by atoms with Crippen molar-refractivity contribution in [1.29, 1.82) is 0 Å². The highest BCUT2D eigenvalue weighted by Crippen LogP contribution is 2.17. The average molecular weight is 762 g/mol. The molecule has 0 saturated carbocycles. The molecule has 0 rings (SSSR count). The second-order valence-electron chi connectivity index (χ2n) is 17.2. The second-order valence-corrected chi connectivity index (χ2v) is 17.2. The molecule has 0 fully saturated rings. The monoisotopic (exact) mass is 762 g/mol. The molecule has 0 aromatic carbocycles. The Balaban J connectivity index is 3.34. The van der Waals surface area contributed by atoms with Crippen LogP contribution in [0.4, 0.5) is 0 Å². The molecule has 4 heteroatoms. The van der Waals surface area contributed by atoms with Crippen molar-refractivity contribution in [1.82, 2.24) is 5.32 Å². The van der Waals surface area contributed by atoms with Crippen LogP contribution in [0.3, 0.4) is 0 Å². The Bertz CT molecular complexity index is 739. The molecule has 0 bridgehead atoms. The SMILES string of the molecule is CCCCCCCCC/C=C/C(O)C(CO)NC(=O)CCCCCCCCCCCCCCCCCCCCCCCCCCCCCCCCCCC. The molecule has 0 saturated heterocycles. The van der Waals surface area contributed by atoms with Crippen LogP contribution in [0.15, 0.2) is 12.2 Å². The number of aliphatic hydroxyl groups excluding tert-OH is 2. The van der Waals surface area contributed by atoms with Crippen LogP contribution in [-0.2, 0) is 4.79 Å². The van der Waals surface area contributed by atoms with Gasteiger partial charge in [0.05, 0.1) is 18.8 Å². The molecule has 0 spiro atoms. The maximum absolute atomic E-state index is 12.4. The molecule has 4 nitrogen and oxygen atoms in total. The van der Waals surface area contributed by atoms with Crippen LogP contribution in [0.2, 0.25) is 0 Å². The summed E-state index contributed by atoms with van der Waals surface area (Å²) in [4.78, 5) is 12.4. The highest BCUT2D eigenvalue weighted by molar-refractivity contribution is 5.76. The summed E-state index contributed by atoms with van der Waals surface area (Å²) in [7, 11) is 0. The van der Waals surface area contributed by atoms with E-state index in [1.165, 1.54) is 238 Å². The summed E-state index contributed by atoms with van der Waals surface area (Å²) in [6, 6.07) is -0.615. The van der Waals surface area contributed by atoms with Gasteiger partial charge in [0.25, 0.3) is 0 Å². The van der Waals surface area contributed by atoms with Crippen molar-refractivity contribution in [3.8, 4) is 0 Å². The molecule has 0 radical (unpaired) electrons. The largest absolute Gasteiger partial charge is 0.394 e. The molecule has 1 amide bonds. The predicted molar refractivity (Wildman–Crippen MR) is 239 cm³/mol. The smallest absolute Gasteiger partial charge is 0.220 e. The van der Waals surface area contributed by atoms with Gasteiger partial charge in [-0.2, -0.15) is 0 Å². The molecule has 2 atom stereocenters. The quantitative estimate of drug-likeness (QED) is 0.0427. The van der Waals surface area contributed by atoms with E-state index in [1.54, 1.807) is 6.08 Å². The zero-order chi connectivity index (χ0) is 39.3. The third-order valence-corrected chi connectivity index (χ3v) is 11.8. The Morgan fingerprint density at radius 2 is 0.685 bits per heavy atom. The zero-order valence-corrected chi connectivity index (χ0v) is 37.0. The van der Waals surface area contributed by atoms with E-state index in [0.717, 1.165) is 25.7 Å². The van der Waals surface area contributed by atoms with Crippen LogP contribution >= 0.6 is 0 Å². The van der Waals surface area contributed by atoms with Gasteiger partial charge in [-0.1, -0.05) is 270 Å². The van der Waals surface area contributed by atoms with Gasteiger partial charge in [-0.25, -0.2) is 0 Å². The topological polar surface area (TPSA) is 69.6 Å². The molecule has 0 aliphatic carbocycles. The van der Waals surface area contributed by atoms with E-state index in [4.69, 9.17) is 0 Å². The van der Waals surface area contributed by atoms with Gasteiger partial charge in [-0.15, -0.1) is 0 Å². The molecule has 0 aliphatic rings. The highest BCUT2D eigenvalue weighted by Gasteiger charge is 2.18. The Labute approximate surface area is 339 Å². The number of hydrogen-bond acceptors (Lipinski definition) is 3. The van der Waals surface area contributed by atoms with E-state index in [9.17, 15) is 15.0 Å². The Morgan fingerprint density at radius 1 is 0.426 bits per heavy atom. The lowest BCUT2D eigenvalue weighted by Crippen LogP contribution is -2.45. The fourth-order valence-corrected chi connectivity index (χ4v) is 7.95. The van der Waals surface area contributed by atoms with Gasteiger partial charge in [-0.05, 0) is 19.3 Å². The summed E-state index contributed by atoms with van der Waals surface area (Å²) in [5.74, 6) is -0.0608. The Hall–Kier alpha value is -0.870. The summed E-state index contributed by atoms with van der Waals surface area (Å²) >= 11 is 0. The molecule has 54 heavy (non-hydrogen) atoms. The first-order valence-corrected chi connectivity index (χ1v) is 24.9. The zero-order valence-electron chi connectivity index (χ0n) is 37.0. The minimum absolute atomic E-state index is 0.0608. The molecule has 0 aromatic rings. The summed E-state index contributed by atoms with van der Waals surface area (Å²) < 4.78 is 0. The lowest BCUT2D eigenvalue weighted by atomic mass is 10.0. The van der Waals surface area contributed by atoms with E-state index in [2.05, 4.69) is 19.2 Å². The number of amides is 1. The fourth-order valence-electron chi connectivity index (χ4n) is 7.95. The van der Waals surface area contributed by atoms with Crippen molar-refractivity contribution in [3.05, 3.63) is 12.2 Å². The van der Waals surface area contributed by atoms with Gasteiger partial charge in [0, 0.05) is 6.42 Å². The van der Waals surface area contributed by atoms with E-state index >= 15 is 0 Å². The number of carbonyl (C=O) groups is 1. The van der Waals surface area contributed by atoms with Gasteiger partial charge in [0.1, 0.15) is 0 Å². The molecule has 0 heterocycles. The third kappa shape index (κ3) is 42.3. The maximum atomic E-state index is 12.4. The van der Waals surface area contributed by atoms with Crippen molar-refractivity contribution in [2.75, 3.05) is 6.61 Å². The van der Waals surface area contributed by atoms with Crippen LogP contribution < -0.4 is 5.32 Å². The minimum Gasteiger partial charge on any atom is -0.394 e. The summed E-state index contributed by atoms with van der Waals surface area (Å²) in [6.07, 6.45) is 59.5. The predicted octanol–water partition coefficient (Wildman–Crippen LogP) is 15.8. The van der Waals surface area contributed by atoms with Crippen molar-refractivity contribution >= 4 is 5.91 Å². The third-order valence-electron chi connectivity index (χ3n) is 11.8. The average Bonchev–Trinajstić information content (AvgIpc) is 3.18. The maximum Gasteiger partial charge on any atom is 0.220 e. The number of unbranched alkanes of at least 4 members (excludes halogenated alkanes) is 39. The fraction of sp³-hybridized carbons (Fsp3) is 0.940. The van der Waals surface area contributed by atoms with E-state index in [1.807, 2.05) is 6.08 Å². The van der Waals surface area contributed by atoms with Gasteiger partial charge in [0.2, 0.25) is 5.91 Å². The van der Waals surface area contributed by atoms with Crippen molar-refractivity contribution in [2.24, 2.45) is 0 Å². The van der Waals surface area contributed by atoms with E-state index in [0.29, 0.717) is 6.42 Å². The molecule has 3 N–H and O–H groups in total. The lowest BCUT2D eigenvalue weighted by Gasteiger charge is -2.20. The van der Waals surface area contributed by atoms with Gasteiger partial charge in [0.15, 0.2) is 0 Å². The molecule has 0 aliphatic heterocycles. The van der Waals surface area contributed by atoms with Crippen molar-refractivity contribution in [2.45, 2.75) is 296 Å². The van der Waals surface area contributed by atoms with Gasteiger partial charge < -0.3 is 15.5 Å². The van der Waals surface area contributed by atoms with Crippen LogP contribution in [-0.4, -0.2) is 34.9 Å². The van der Waals surface area contributed by atoms with E-state index in [-0.39, 0.29) is 12.5 Å². The number of carbonyl (C=O) groups excluding carboxylic acids is 1. The first-order chi connectivity index (χ1) is 26.7. The first-order valence-electron chi connectivity index (χ1n) is 24.9. The molecule has 322 valence electrons. The summed E-state index contributed by atoms with van der Waals surface area (Å²) in [5, 5.41) is 22.9. The van der Waals surface area contributed by atoms with Crippen molar-refractivity contribution < 1.29 is 15.0 Å². The lowest BCUT2D eigenvalue weighted by molar-refractivity contribution is -0.123. The number of allylic oxidation sites excluding steroid dienone is 1. The van der Waals surface area contributed by atoms with Crippen LogP contribution in [0.5, 0.6) is 0 Å². The molecule has 2 unspecified atom stereocenters. The first kappa shape index (κ1) is 53.1. The molecular weight excluding hydrogens is 663 g/mol. The summed E-state index contributed by atoms with van der Waals surface area (Å²) in [5.41, 5.74) is 0. The van der Waals surface area contributed by atoms with E-state index < -0.39 is 12.1 Å². The Morgan fingerprint density at radius 3 is 0.963 bits per heavy atom. The van der Waals surface area contributed by atoms with Gasteiger partial charge in [-0.3, -0.25) is 4.79 Å². The number of aliphatic hydroxyl groups is 2. The standard InChI is InChI=1S/C50H99NO3/c1-3-5-7-9-11-13-14-15-16-17-18-19-20-21-22-23-24-25-26-27-28-29-30-31-32-33-34-35-36-38-40-42-44-46-50(54)51-48(47-52)49(53)45-43-41-39-37-12-10-8-6-4-2/h43,45,48-49,52-53H,3-42,44,46-47H2,1-2H3,(H,51,54)/b45-43+. The summed E-state index contributed by atoms with van der Waals surface area (Å²) in [6.45, 7) is 4.30. The van der Waals surface area contributed by atoms with Crippen molar-refractivity contribution in [3.63, 3.8) is 0 Å². The van der Waals surface area contributed by atoms with Crippen LogP contribution in [0.25, 0.3) is 0 Å². The molecule has 0 aromatic heterocycles. The normalized spacial score (nSPS) is 12.9. The minimum atomic E-state index is -0.832. The molecular formula is C50H99NO3. The second kappa shape index (κ2) is 46.5. The number of hydrogen-bond donors (Lipinski definition) is 3. The van der Waals surface area contributed by atoms with Crippen LogP contribution in [0, 0.1) is 0 Å². The Kier molecular flexibility index (Phi) is 45.8. The van der Waals surface area contributed by atoms with Crippen LogP contribution in [0.1, 0.15) is 284 Å². The van der Waals surface area contributed by atoms with Gasteiger partial charge >= 0.3 is 0 Å². The highest BCUT2D eigenvalue weighted by atomic mass is 16.3.